The number of anilines is 1. The maximum absolute atomic E-state index is 10.3. The first-order valence-corrected chi connectivity index (χ1v) is 9.04. The number of halogens is 1. The maximum atomic E-state index is 10.3. The Morgan fingerprint density at radius 2 is 2.08 bits per heavy atom. The van der Waals surface area contributed by atoms with Crippen LogP contribution in [-0.4, -0.2) is 39.0 Å². The Bertz CT molecular complexity index is 996. The molecule has 26 heavy (non-hydrogen) atoms. The molecule has 3 aromatic rings. The van der Waals surface area contributed by atoms with Crippen LogP contribution in [0.2, 0.25) is 5.02 Å². The largest absolute Gasteiger partial charge is 0.507 e. The Balaban J connectivity index is 1.58. The van der Waals surface area contributed by atoms with Gasteiger partial charge in [0.05, 0.1) is 12.7 Å². The highest BCUT2D eigenvalue weighted by atomic mass is 35.5. The van der Waals surface area contributed by atoms with Crippen molar-refractivity contribution in [3.8, 4) is 17.0 Å². The van der Waals surface area contributed by atoms with Gasteiger partial charge in [-0.1, -0.05) is 11.6 Å². The van der Waals surface area contributed by atoms with E-state index in [9.17, 15) is 5.11 Å². The van der Waals surface area contributed by atoms with Crippen LogP contribution in [0, 0.1) is 5.92 Å². The third-order valence-corrected chi connectivity index (χ3v) is 5.55. The van der Waals surface area contributed by atoms with E-state index < -0.39 is 0 Å². The lowest BCUT2D eigenvalue weighted by atomic mass is 10.0. The monoisotopic (exact) mass is 368 g/mol. The van der Waals surface area contributed by atoms with Gasteiger partial charge in [-0.2, -0.15) is 0 Å². The van der Waals surface area contributed by atoms with Crippen LogP contribution in [0.3, 0.4) is 0 Å². The molecule has 3 atom stereocenters. The van der Waals surface area contributed by atoms with Gasteiger partial charge in [-0.15, -0.1) is 10.2 Å². The number of fused-ring (bicyclic) bond motifs is 3. The lowest BCUT2D eigenvalue weighted by molar-refractivity contribution is 0.0724. The van der Waals surface area contributed by atoms with Gasteiger partial charge in [0.2, 0.25) is 0 Å². The van der Waals surface area contributed by atoms with E-state index in [1.165, 1.54) is 6.07 Å². The summed E-state index contributed by atoms with van der Waals surface area (Å²) >= 11 is 5.95. The molecule has 2 aromatic heterocycles. The highest BCUT2D eigenvalue weighted by Gasteiger charge is 2.41. The Labute approximate surface area is 155 Å². The lowest BCUT2D eigenvalue weighted by Gasteiger charge is -2.24. The molecule has 5 rings (SSSR count). The van der Waals surface area contributed by atoms with Crippen molar-refractivity contribution in [2.45, 2.75) is 25.0 Å². The van der Waals surface area contributed by atoms with Crippen molar-refractivity contribution >= 4 is 28.2 Å². The summed E-state index contributed by atoms with van der Waals surface area (Å²) in [6.45, 7) is 0.808. The van der Waals surface area contributed by atoms with E-state index >= 15 is 0 Å². The van der Waals surface area contributed by atoms with Gasteiger partial charge in [0.15, 0.2) is 5.82 Å². The summed E-state index contributed by atoms with van der Waals surface area (Å²) in [5.74, 6) is 1.33. The van der Waals surface area contributed by atoms with Gasteiger partial charge >= 0.3 is 0 Å². The highest BCUT2D eigenvalue weighted by Crippen LogP contribution is 2.39. The van der Waals surface area contributed by atoms with Crippen LogP contribution in [0.15, 0.2) is 36.7 Å². The number of aromatic nitrogens is 3. The number of ether oxygens (including phenoxy) is 1. The molecule has 1 saturated carbocycles. The highest BCUT2D eigenvalue weighted by molar-refractivity contribution is 6.30. The average Bonchev–Trinajstić information content (AvgIpc) is 3.26. The van der Waals surface area contributed by atoms with Crippen LogP contribution < -0.4 is 5.32 Å². The average molecular weight is 369 g/mol. The molecule has 2 bridgehead atoms. The molecular formula is C19H17ClN4O2. The van der Waals surface area contributed by atoms with Gasteiger partial charge < -0.3 is 15.2 Å². The molecule has 2 fully saturated rings. The number of nitrogens with one attached hydrogen (secondary N) is 1. The Morgan fingerprint density at radius 3 is 2.85 bits per heavy atom. The Hall–Kier alpha value is -2.44. The van der Waals surface area contributed by atoms with Crippen molar-refractivity contribution in [2.24, 2.45) is 5.92 Å². The molecule has 3 unspecified atom stereocenters. The van der Waals surface area contributed by atoms with Crippen LogP contribution in [0.25, 0.3) is 22.0 Å². The molecule has 2 aliphatic rings. The predicted octanol–water partition coefficient (Wildman–Crippen LogP) is 3.64. The third kappa shape index (κ3) is 2.57. The molecule has 0 spiro atoms. The van der Waals surface area contributed by atoms with Crippen molar-refractivity contribution in [1.82, 2.24) is 15.2 Å². The van der Waals surface area contributed by atoms with E-state index in [-0.39, 0.29) is 5.75 Å². The van der Waals surface area contributed by atoms with E-state index in [0.29, 0.717) is 34.3 Å². The van der Waals surface area contributed by atoms with Crippen molar-refractivity contribution in [1.29, 1.82) is 0 Å². The Kier molecular flexibility index (Phi) is 3.69. The number of pyridine rings is 1. The predicted molar refractivity (Wildman–Crippen MR) is 99.3 cm³/mol. The standard InChI is InChI=1S/C19H17ClN4O2/c20-11-1-2-14(17(25)6-11)18-13-3-4-21-8-15(13)19(24-23-18)22-16-7-12-5-10(16)9-26-12/h1-4,6,8,10,12,16,25H,5,7,9H2,(H,22,24). The van der Waals surface area contributed by atoms with Crippen molar-refractivity contribution in [3.05, 3.63) is 41.7 Å². The van der Waals surface area contributed by atoms with E-state index in [1.807, 2.05) is 6.07 Å². The topological polar surface area (TPSA) is 80.2 Å². The first kappa shape index (κ1) is 15.8. The quantitative estimate of drug-likeness (QED) is 0.734. The Morgan fingerprint density at radius 1 is 1.15 bits per heavy atom. The zero-order valence-corrected chi connectivity index (χ0v) is 14.6. The second kappa shape index (κ2) is 6.07. The molecule has 1 aliphatic heterocycles. The number of hydrogen-bond donors (Lipinski definition) is 2. The zero-order chi connectivity index (χ0) is 17.7. The van der Waals surface area contributed by atoms with Gasteiger partial charge in [-0.25, -0.2) is 0 Å². The number of aromatic hydroxyl groups is 1. The lowest BCUT2D eigenvalue weighted by Crippen LogP contribution is -2.30. The smallest absolute Gasteiger partial charge is 0.158 e. The molecule has 7 heteroatoms. The van der Waals surface area contributed by atoms with E-state index in [4.69, 9.17) is 16.3 Å². The number of phenolic OH excluding ortho intramolecular Hbond substituents is 1. The van der Waals surface area contributed by atoms with E-state index in [1.54, 1.807) is 24.5 Å². The van der Waals surface area contributed by atoms with Gasteiger partial charge in [-0.3, -0.25) is 4.98 Å². The van der Waals surface area contributed by atoms with Crippen LogP contribution >= 0.6 is 11.6 Å². The number of hydrogen-bond acceptors (Lipinski definition) is 6. The molecule has 0 radical (unpaired) electrons. The first-order valence-electron chi connectivity index (χ1n) is 8.66. The molecule has 1 aliphatic carbocycles. The number of rotatable bonds is 3. The van der Waals surface area contributed by atoms with Gasteiger partial charge in [0, 0.05) is 45.7 Å². The third-order valence-electron chi connectivity index (χ3n) is 5.32. The van der Waals surface area contributed by atoms with E-state index in [2.05, 4.69) is 20.5 Å². The maximum Gasteiger partial charge on any atom is 0.158 e. The van der Waals surface area contributed by atoms with E-state index in [0.717, 1.165) is 36.0 Å². The molecular weight excluding hydrogens is 352 g/mol. The second-order valence-electron chi connectivity index (χ2n) is 6.92. The summed E-state index contributed by atoms with van der Waals surface area (Å²) < 4.78 is 5.68. The fourth-order valence-electron chi connectivity index (χ4n) is 4.01. The van der Waals surface area contributed by atoms with Crippen LogP contribution in [0.4, 0.5) is 5.82 Å². The second-order valence-corrected chi connectivity index (χ2v) is 7.35. The summed E-state index contributed by atoms with van der Waals surface area (Å²) in [6, 6.07) is 7.23. The SMILES string of the molecule is Oc1cc(Cl)ccc1-c1nnc(NC2CC3CC2CO3)c2cnccc12. The number of nitrogens with zero attached hydrogens (tertiary/aromatic N) is 3. The molecule has 6 nitrogen and oxygen atoms in total. The van der Waals surface area contributed by atoms with Crippen molar-refractivity contribution < 1.29 is 9.84 Å². The number of benzene rings is 1. The summed E-state index contributed by atoms with van der Waals surface area (Å²) in [5.41, 5.74) is 1.20. The summed E-state index contributed by atoms with van der Waals surface area (Å²) in [6.07, 6.45) is 5.97. The molecule has 3 heterocycles. The summed E-state index contributed by atoms with van der Waals surface area (Å²) in [4.78, 5) is 4.25. The molecule has 0 amide bonds. The van der Waals surface area contributed by atoms with Gasteiger partial charge in [-0.05, 0) is 37.1 Å². The normalized spacial score (nSPS) is 24.3. The number of phenols is 1. The van der Waals surface area contributed by atoms with Crippen LogP contribution in [-0.2, 0) is 4.74 Å². The van der Waals surface area contributed by atoms with Crippen molar-refractivity contribution in [2.75, 3.05) is 11.9 Å². The van der Waals surface area contributed by atoms with Crippen LogP contribution in [0.1, 0.15) is 12.8 Å². The summed E-state index contributed by atoms with van der Waals surface area (Å²) in [5, 5.41) is 24.9. The molecule has 132 valence electrons. The van der Waals surface area contributed by atoms with Gasteiger partial charge in [0.25, 0.3) is 0 Å². The molecule has 1 aromatic carbocycles. The minimum absolute atomic E-state index is 0.0795. The zero-order valence-electron chi connectivity index (χ0n) is 13.9. The summed E-state index contributed by atoms with van der Waals surface area (Å²) in [7, 11) is 0. The molecule has 2 N–H and O–H groups in total. The minimum Gasteiger partial charge on any atom is -0.507 e. The first-order chi connectivity index (χ1) is 12.7. The van der Waals surface area contributed by atoms with Crippen molar-refractivity contribution in [3.63, 3.8) is 0 Å². The fraction of sp³-hybridized carbons (Fsp3) is 0.316. The minimum atomic E-state index is 0.0795. The fourth-order valence-corrected chi connectivity index (χ4v) is 4.18. The van der Waals surface area contributed by atoms with Crippen LogP contribution in [0.5, 0.6) is 5.75 Å². The molecule has 1 saturated heterocycles. The van der Waals surface area contributed by atoms with Gasteiger partial charge in [0.1, 0.15) is 11.4 Å².